The van der Waals surface area contributed by atoms with Crippen LogP contribution in [0.2, 0.25) is 5.02 Å². The van der Waals surface area contributed by atoms with E-state index in [1.807, 2.05) is 19.1 Å². The fourth-order valence-corrected chi connectivity index (χ4v) is 3.60. The van der Waals surface area contributed by atoms with Crippen LogP contribution in [0.3, 0.4) is 0 Å². The van der Waals surface area contributed by atoms with Gasteiger partial charge in [0.2, 0.25) is 0 Å². The highest BCUT2D eigenvalue weighted by Gasteiger charge is 2.30. The van der Waals surface area contributed by atoms with Gasteiger partial charge in [-0.05, 0) is 61.5 Å². The second-order valence-corrected chi connectivity index (χ2v) is 8.30. The number of alkyl halides is 3. The number of hydrogen-bond donors (Lipinski definition) is 3. The van der Waals surface area contributed by atoms with Crippen molar-refractivity contribution < 1.29 is 27.6 Å². The Hall–Kier alpha value is -4.31. The molecule has 3 N–H and O–H groups in total. The summed E-state index contributed by atoms with van der Waals surface area (Å²) in [6.45, 7) is 1.90. The highest BCUT2D eigenvalue weighted by Crippen LogP contribution is 2.30. The Morgan fingerprint density at radius 2 is 1.56 bits per heavy atom. The molecule has 0 aliphatic heterocycles. The number of carbonyl (C=O) groups is 3. The Morgan fingerprint density at radius 1 is 0.833 bits per heavy atom. The summed E-state index contributed by atoms with van der Waals surface area (Å²) < 4.78 is 40.0. The van der Waals surface area contributed by atoms with Gasteiger partial charge in [0.15, 0.2) is 0 Å². The molecule has 184 valence electrons. The molecule has 0 saturated carbocycles. The van der Waals surface area contributed by atoms with Crippen LogP contribution >= 0.6 is 11.6 Å². The van der Waals surface area contributed by atoms with Crippen molar-refractivity contribution in [3.05, 3.63) is 94.6 Å². The van der Waals surface area contributed by atoms with Gasteiger partial charge in [0.05, 0.1) is 11.1 Å². The largest absolute Gasteiger partial charge is 0.416 e. The number of amides is 3. The second-order valence-electron chi connectivity index (χ2n) is 7.86. The lowest BCUT2D eigenvalue weighted by molar-refractivity contribution is -0.137. The molecule has 0 spiro atoms. The number of benzene rings is 3. The van der Waals surface area contributed by atoms with Crippen LogP contribution < -0.4 is 16.1 Å². The molecule has 0 atom stereocenters. The average Bonchev–Trinajstić information content (AvgIpc) is 3.17. The van der Waals surface area contributed by atoms with Crippen LogP contribution in [0, 0.1) is 6.92 Å². The third-order valence-corrected chi connectivity index (χ3v) is 5.41. The molecular formula is C25H18ClF3N4O3. The minimum atomic E-state index is -4.62. The zero-order chi connectivity index (χ0) is 26.0. The van der Waals surface area contributed by atoms with E-state index in [1.165, 1.54) is 18.2 Å². The SMILES string of the molecule is Cc1ccc(NC(=O)c2cc3cc(Cl)ccc3n2NC(=O)C(=O)Nc2cccc(C(F)(F)F)c2)cc1. The van der Waals surface area contributed by atoms with Gasteiger partial charge in [-0.2, -0.15) is 13.2 Å². The topological polar surface area (TPSA) is 92.2 Å². The maximum atomic E-state index is 13.0. The molecule has 0 fully saturated rings. The lowest BCUT2D eigenvalue weighted by atomic mass is 10.2. The molecule has 0 radical (unpaired) electrons. The van der Waals surface area contributed by atoms with Crippen LogP contribution in [-0.4, -0.2) is 22.4 Å². The quantitative estimate of drug-likeness (QED) is 0.310. The number of aryl methyl sites for hydroxylation is 1. The molecule has 0 saturated heterocycles. The summed E-state index contributed by atoms with van der Waals surface area (Å²) in [7, 11) is 0. The number of nitrogens with zero attached hydrogens (tertiary/aromatic N) is 1. The third-order valence-electron chi connectivity index (χ3n) is 5.17. The molecule has 4 aromatic rings. The van der Waals surface area contributed by atoms with Crippen molar-refractivity contribution in [1.29, 1.82) is 0 Å². The number of hydrogen-bond acceptors (Lipinski definition) is 3. The molecule has 4 rings (SSSR count). The van der Waals surface area contributed by atoms with Gasteiger partial charge in [-0.25, -0.2) is 4.68 Å². The number of anilines is 2. The van der Waals surface area contributed by atoms with Gasteiger partial charge in [0.25, 0.3) is 5.91 Å². The summed E-state index contributed by atoms with van der Waals surface area (Å²) in [5, 5.41) is 5.74. The van der Waals surface area contributed by atoms with E-state index in [-0.39, 0.29) is 11.4 Å². The predicted octanol–water partition coefficient (Wildman–Crippen LogP) is 5.58. The van der Waals surface area contributed by atoms with Gasteiger partial charge in [-0.1, -0.05) is 35.4 Å². The predicted molar refractivity (Wildman–Crippen MR) is 131 cm³/mol. The summed E-state index contributed by atoms with van der Waals surface area (Å²) in [5.41, 5.74) is 3.00. The normalized spacial score (nSPS) is 11.2. The molecule has 3 amide bonds. The van der Waals surface area contributed by atoms with Gasteiger partial charge < -0.3 is 10.6 Å². The Labute approximate surface area is 207 Å². The van der Waals surface area contributed by atoms with Crippen molar-refractivity contribution in [2.24, 2.45) is 0 Å². The van der Waals surface area contributed by atoms with E-state index in [1.54, 1.807) is 24.3 Å². The zero-order valence-corrected chi connectivity index (χ0v) is 19.4. The van der Waals surface area contributed by atoms with Crippen molar-refractivity contribution in [2.75, 3.05) is 16.1 Å². The summed E-state index contributed by atoms with van der Waals surface area (Å²) in [6.07, 6.45) is -4.62. The van der Waals surface area contributed by atoms with Crippen LogP contribution in [0.15, 0.2) is 72.8 Å². The van der Waals surface area contributed by atoms with E-state index >= 15 is 0 Å². The maximum absolute atomic E-state index is 13.0. The number of fused-ring (bicyclic) bond motifs is 1. The highest BCUT2D eigenvalue weighted by molar-refractivity contribution is 6.42. The van der Waals surface area contributed by atoms with Crippen LogP contribution in [-0.2, 0) is 15.8 Å². The Morgan fingerprint density at radius 3 is 2.25 bits per heavy atom. The smallest absolute Gasteiger partial charge is 0.321 e. The monoisotopic (exact) mass is 514 g/mol. The maximum Gasteiger partial charge on any atom is 0.416 e. The minimum Gasteiger partial charge on any atom is -0.321 e. The standard InChI is InChI=1S/C25H18ClF3N4O3/c1-14-5-8-18(9-6-14)30-22(34)21-12-15-11-17(26)7-10-20(15)33(21)32-24(36)23(35)31-19-4-2-3-16(13-19)25(27,28)29/h2-13H,1H3,(H,30,34)(H,31,35)(H,32,36). The molecule has 0 aliphatic rings. The van der Waals surface area contributed by atoms with Crippen molar-refractivity contribution in [3.63, 3.8) is 0 Å². The Balaban J connectivity index is 1.60. The van der Waals surface area contributed by atoms with Gasteiger partial charge in [-0.3, -0.25) is 19.8 Å². The van der Waals surface area contributed by atoms with Gasteiger partial charge >= 0.3 is 18.0 Å². The molecule has 1 aromatic heterocycles. The van der Waals surface area contributed by atoms with Crippen LogP contribution in [0.5, 0.6) is 0 Å². The fraction of sp³-hybridized carbons (Fsp3) is 0.0800. The molecule has 0 aliphatic carbocycles. The molecule has 3 aromatic carbocycles. The molecule has 36 heavy (non-hydrogen) atoms. The van der Waals surface area contributed by atoms with E-state index in [2.05, 4.69) is 16.1 Å². The lowest BCUT2D eigenvalue weighted by Gasteiger charge is -2.13. The number of aromatic nitrogens is 1. The van der Waals surface area contributed by atoms with Crippen molar-refractivity contribution in [1.82, 2.24) is 4.68 Å². The van der Waals surface area contributed by atoms with Gasteiger partial charge in [-0.15, -0.1) is 0 Å². The number of carbonyl (C=O) groups excluding carboxylic acids is 3. The fourth-order valence-electron chi connectivity index (χ4n) is 3.42. The first-order chi connectivity index (χ1) is 17.0. The molecule has 11 heteroatoms. The lowest BCUT2D eigenvalue weighted by Crippen LogP contribution is -2.36. The Kier molecular flexibility index (Phi) is 6.71. The first-order valence-electron chi connectivity index (χ1n) is 10.5. The number of halogens is 4. The third kappa shape index (κ3) is 5.49. The van der Waals surface area contributed by atoms with Crippen molar-refractivity contribution >= 4 is 51.6 Å². The van der Waals surface area contributed by atoms with E-state index in [4.69, 9.17) is 11.6 Å². The van der Waals surface area contributed by atoms with E-state index in [9.17, 15) is 27.6 Å². The zero-order valence-electron chi connectivity index (χ0n) is 18.6. The number of nitrogens with one attached hydrogen (secondary N) is 3. The van der Waals surface area contributed by atoms with E-state index in [0.29, 0.717) is 27.7 Å². The van der Waals surface area contributed by atoms with Crippen LogP contribution in [0.4, 0.5) is 24.5 Å². The minimum absolute atomic E-state index is 0.00643. The average molecular weight is 515 g/mol. The van der Waals surface area contributed by atoms with E-state index < -0.39 is 29.5 Å². The summed E-state index contributed by atoms with van der Waals surface area (Å²) in [4.78, 5) is 38.1. The first kappa shape index (κ1) is 24.8. The molecule has 7 nitrogen and oxygen atoms in total. The van der Waals surface area contributed by atoms with Gasteiger partial charge in [0.1, 0.15) is 5.69 Å². The number of rotatable bonds is 4. The second kappa shape index (κ2) is 9.74. The summed E-state index contributed by atoms with van der Waals surface area (Å²) >= 11 is 6.05. The Bertz CT molecular complexity index is 1480. The molecule has 0 unspecified atom stereocenters. The molecular weight excluding hydrogens is 497 g/mol. The van der Waals surface area contributed by atoms with Crippen molar-refractivity contribution in [2.45, 2.75) is 13.1 Å². The van der Waals surface area contributed by atoms with Crippen LogP contribution in [0.25, 0.3) is 10.9 Å². The first-order valence-corrected chi connectivity index (χ1v) is 10.9. The van der Waals surface area contributed by atoms with Gasteiger partial charge in [0, 0.05) is 21.8 Å². The van der Waals surface area contributed by atoms with E-state index in [0.717, 1.165) is 22.4 Å². The summed E-state index contributed by atoms with van der Waals surface area (Å²) in [6, 6.07) is 17.0. The highest BCUT2D eigenvalue weighted by atomic mass is 35.5. The van der Waals surface area contributed by atoms with Crippen molar-refractivity contribution in [3.8, 4) is 0 Å². The van der Waals surface area contributed by atoms with Crippen LogP contribution in [0.1, 0.15) is 21.6 Å². The summed E-state index contributed by atoms with van der Waals surface area (Å²) in [5.74, 6) is -3.01. The molecule has 0 bridgehead atoms. The molecule has 1 heterocycles.